The van der Waals surface area contributed by atoms with Crippen molar-refractivity contribution in [3.05, 3.63) is 41.6 Å². The molecule has 1 aliphatic rings. The number of piperazine rings is 1. The van der Waals surface area contributed by atoms with Crippen molar-refractivity contribution in [1.82, 2.24) is 24.6 Å². The number of anilines is 1. The van der Waals surface area contributed by atoms with Crippen LogP contribution in [0.1, 0.15) is 51.0 Å². The second-order valence-electron chi connectivity index (χ2n) is 8.26. The van der Waals surface area contributed by atoms with Crippen molar-refractivity contribution < 1.29 is 9.18 Å². The maximum atomic E-state index is 13.5. The van der Waals surface area contributed by atoms with Crippen molar-refractivity contribution >= 4 is 22.8 Å². The van der Waals surface area contributed by atoms with Crippen LogP contribution in [0.15, 0.2) is 24.3 Å². The Morgan fingerprint density at radius 3 is 2.42 bits per heavy atom. The van der Waals surface area contributed by atoms with Crippen molar-refractivity contribution in [1.29, 1.82) is 0 Å². The van der Waals surface area contributed by atoms with Gasteiger partial charge in [-0.2, -0.15) is 5.10 Å². The zero-order valence-electron chi connectivity index (χ0n) is 18.6. The normalized spacial score (nSPS) is 15.5. The smallest absolute Gasteiger partial charge is 0.219 e. The highest BCUT2D eigenvalue weighted by atomic mass is 19.1. The van der Waals surface area contributed by atoms with Crippen molar-refractivity contribution in [2.75, 3.05) is 31.1 Å². The second kappa shape index (κ2) is 8.61. The molecule has 1 aliphatic heterocycles. The van der Waals surface area contributed by atoms with E-state index in [0.29, 0.717) is 26.2 Å². The molecule has 2 aromatic heterocycles. The largest absolute Gasteiger partial charge is 0.352 e. The Labute approximate surface area is 181 Å². The van der Waals surface area contributed by atoms with Crippen molar-refractivity contribution in [2.45, 2.75) is 46.5 Å². The SMILES string of the molecule is CCC[C@@H](C)c1nc(N2CCN(C(C)=O)CC2)c2c(C)nn(-c3ccc(F)cc3)c2n1. The summed E-state index contributed by atoms with van der Waals surface area (Å²) in [5, 5.41) is 5.65. The number of fused-ring (bicyclic) bond motifs is 1. The number of carbonyl (C=O) groups excluding carboxylic acids is 1. The predicted molar refractivity (Wildman–Crippen MR) is 119 cm³/mol. The number of aryl methyl sites for hydroxylation is 1. The molecule has 3 heterocycles. The van der Waals surface area contributed by atoms with Crippen LogP contribution in [0.2, 0.25) is 0 Å². The van der Waals surface area contributed by atoms with Gasteiger partial charge in [-0.3, -0.25) is 4.79 Å². The molecule has 1 fully saturated rings. The highest BCUT2D eigenvalue weighted by Gasteiger charge is 2.26. The number of rotatable bonds is 5. The third-order valence-corrected chi connectivity index (χ3v) is 5.96. The van der Waals surface area contributed by atoms with E-state index in [2.05, 4.69) is 18.7 Å². The van der Waals surface area contributed by atoms with Gasteiger partial charge in [-0.15, -0.1) is 0 Å². The molecule has 0 aliphatic carbocycles. The molecule has 7 nitrogen and oxygen atoms in total. The highest BCUT2D eigenvalue weighted by Crippen LogP contribution is 2.32. The third-order valence-electron chi connectivity index (χ3n) is 5.96. The van der Waals surface area contributed by atoms with Crippen LogP contribution < -0.4 is 4.90 Å². The number of nitrogens with zero attached hydrogens (tertiary/aromatic N) is 6. The van der Waals surface area contributed by atoms with Gasteiger partial charge in [0.05, 0.1) is 16.8 Å². The van der Waals surface area contributed by atoms with E-state index in [1.54, 1.807) is 23.7 Å². The van der Waals surface area contributed by atoms with E-state index < -0.39 is 0 Å². The first-order chi connectivity index (χ1) is 14.9. The van der Waals surface area contributed by atoms with Crippen molar-refractivity contribution in [2.24, 2.45) is 0 Å². The number of hydrogen-bond acceptors (Lipinski definition) is 5. The molecule has 0 N–H and O–H groups in total. The topological polar surface area (TPSA) is 67.2 Å². The van der Waals surface area contributed by atoms with Crippen LogP contribution in [0, 0.1) is 12.7 Å². The van der Waals surface area contributed by atoms with Crippen LogP contribution in [0.5, 0.6) is 0 Å². The number of carbonyl (C=O) groups is 1. The summed E-state index contributed by atoms with van der Waals surface area (Å²) in [5.41, 5.74) is 2.33. The van der Waals surface area contributed by atoms with Gasteiger partial charge in [-0.1, -0.05) is 20.3 Å². The molecule has 0 spiro atoms. The lowest BCUT2D eigenvalue weighted by Crippen LogP contribution is -2.48. The molecule has 1 amide bonds. The molecule has 1 aromatic carbocycles. The summed E-state index contributed by atoms with van der Waals surface area (Å²) in [6.07, 6.45) is 2.04. The van der Waals surface area contributed by atoms with Crippen LogP contribution in [-0.2, 0) is 4.79 Å². The summed E-state index contributed by atoms with van der Waals surface area (Å²) in [5.74, 6) is 1.69. The van der Waals surface area contributed by atoms with Gasteiger partial charge in [0, 0.05) is 39.0 Å². The number of benzene rings is 1. The number of amides is 1. The summed E-state index contributed by atoms with van der Waals surface area (Å²) in [6.45, 7) is 10.6. The average molecular weight is 425 g/mol. The number of halogens is 1. The standard InChI is InChI=1S/C23H29FN6O/c1-5-6-15(2)21-25-22(29-13-11-28(12-14-29)17(4)31)20-16(3)27-30(23(20)26-21)19-9-7-18(24)8-10-19/h7-10,15H,5-6,11-14H2,1-4H3/t15-/m1/s1. The Balaban J connectivity index is 1.84. The molecule has 31 heavy (non-hydrogen) atoms. The molecule has 0 bridgehead atoms. The van der Waals surface area contributed by atoms with E-state index in [1.807, 2.05) is 11.8 Å². The fourth-order valence-electron chi connectivity index (χ4n) is 4.18. The Morgan fingerprint density at radius 1 is 1.13 bits per heavy atom. The lowest BCUT2D eigenvalue weighted by Gasteiger charge is -2.35. The summed E-state index contributed by atoms with van der Waals surface area (Å²) < 4.78 is 15.3. The molecule has 1 atom stereocenters. The molecule has 1 saturated heterocycles. The Bertz CT molecular complexity index is 1090. The lowest BCUT2D eigenvalue weighted by atomic mass is 10.1. The first-order valence-corrected chi connectivity index (χ1v) is 10.9. The first kappa shape index (κ1) is 21.2. The van der Waals surface area contributed by atoms with Gasteiger partial charge in [0.15, 0.2) is 5.65 Å². The van der Waals surface area contributed by atoms with Crippen LogP contribution in [0.4, 0.5) is 10.2 Å². The van der Waals surface area contributed by atoms with E-state index in [4.69, 9.17) is 15.1 Å². The lowest BCUT2D eigenvalue weighted by molar-refractivity contribution is -0.129. The van der Waals surface area contributed by atoms with Gasteiger partial charge >= 0.3 is 0 Å². The van der Waals surface area contributed by atoms with Crippen LogP contribution in [0.3, 0.4) is 0 Å². The van der Waals surface area contributed by atoms with Gasteiger partial charge in [0.2, 0.25) is 5.91 Å². The molecule has 0 saturated carbocycles. The Kier molecular flexibility index (Phi) is 5.89. The minimum atomic E-state index is -0.284. The molecular weight excluding hydrogens is 395 g/mol. The Morgan fingerprint density at radius 2 is 1.81 bits per heavy atom. The number of aromatic nitrogens is 4. The first-order valence-electron chi connectivity index (χ1n) is 10.9. The maximum Gasteiger partial charge on any atom is 0.219 e. The summed E-state index contributed by atoms with van der Waals surface area (Å²) in [4.78, 5) is 25.8. The van der Waals surface area contributed by atoms with Crippen LogP contribution in [-0.4, -0.2) is 56.7 Å². The van der Waals surface area contributed by atoms with Gasteiger partial charge in [0.25, 0.3) is 0 Å². The predicted octanol–water partition coefficient (Wildman–Crippen LogP) is 3.84. The second-order valence-corrected chi connectivity index (χ2v) is 8.26. The average Bonchev–Trinajstić information content (AvgIpc) is 3.10. The maximum absolute atomic E-state index is 13.5. The van der Waals surface area contributed by atoms with Crippen molar-refractivity contribution in [3.8, 4) is 5.69 Å². The quantitative estimate of drug-likeness (QED) is 0.623. The monoisotopic (exact) mass is 424 g/mol. The van der Waals surface area contributed by atoms with E-state index >= 15 is 0 Å². The molecule has 3 aromatic rings. The Hall–Kier alpha value is -3.03. The molecule has 164 valence electrons. The third kappa shape index (κ3) is 4.11. The van der Waals surface area contributed by atoms with Gasteiger partial charge in [0.1, 0.15) is 17.5 Å². The van der Waals surface area contributed by atoms with Gasteiger partial charge in [-0.05, 0) is 37.6 Å². The molecule has 0 unspecified atom stereocenters. The van der Waals surface area contributed by atoms with E-state index in [1.165, 1.54) is 12.1 Å². The molecule has 0 radical (unpaired) electrons. The fourth-order valence-corrected chi connectivity index (χ4v) is 4.18. The van der Waals surface area contributed by atoms with E-state index in [-0.39, 0.29) is 17.6 Å². The zero-order chi connectivity index (χ0) is 22.1. The molecule has 4 rings (SSSR count). The zero-order valence-corrected chi connectivity index (χ0v) is 18.6. The molecular formula is C23H29FN6O. The van der Waals surface area contributed by atoms with Crippen molar-refractivity contribution in [3.63, 3.8) is 0 Å². The van der Waals surface area contributed by atoms with Crippen LogP contribution >= 0.6 is 0 Å². The fraction of sp³-hybridized carbons (Fsp3) is 0.478. The van der Waals surface area contributed by atoms with Gasteiger partial charge in [-0.25, -0.2) is 19.0 Å². The summed E-state index contributed by atoms with van der Waals surface area (Å²) >= 11 is 0. The minimum absolute atomic E-state index is 0.102. The summed E-state index contributed by atoms with van der Waals surface area (Å²) in [7, 11) is 0. The van der Waals surface area contributed by atoms with E-state index in [9.17, 15) is 9.18 Å². The van der Waals surface area contributed by atoms with Crippen LogP contribution in [0.25, 0.3) is 16.7 Å². The molecule has 8 heteroatoms. The van der Waals surface area contributed by atoms with E-state index in [0.717, 1.165) is 46.9 Å². The minimum Gasteiger partial charge on any atom is -0.352 e. The van der Waals surface area contributed by atoms with Gasteiger partial charge < -0.3 is 9.80 Å². The summed E-state index contributed by atoms with van der Waals surface area (Å²) in [6, 6.07) is 6.29. The highest BCUT2D eigenvalue weighted by molar-refractivity contribution is 5.91. The number of hydrogen-bond donors (Lipinski definition) is 0.